The van der Waals surface area contributed by atoms with Crippen LogP contribution in [0.3, 0.4) is 0 Å². The number of nitrogens with one attached hydrogen (secondary N) is 2. The predicted octanol–water partition coefficient (Wildman–Crippen LogP) is 3.78. The Morgan fingerprint density at radius 2 is 1.89 bits per heavy atom. The maximum absolute atomic E-state index is 5.26. The summed E-state index contributed by atoms with van der Waals surface area (Å²) in [4.78, 5) is 18.7. The molecule has 0 aliphatic rings. The number of hydrogen-bond donors (Lipinski definition) is 2. The Labute approximate surface area is 163 Å². The average molecular weight is 374 g/mol. The third-order valence-electron chi connectivity index (χ3n) is 4.59. The summed E-state index contributed by atoms with van der Waals surface area (Å²) >= 11 is 0. The monoisotopic (exact) mass is 374 g/mol. The van der Waals surface area contributed by atoms with Gasteiger partial charge in [-0.1, -0.05) is 12.1 Å². The Morgan fingerprint density at radius 3 is 2.64 bits per heavy atom. The van der Waals surface area contributed by atoms with Crippen LogP contribution < -0.4 is 15.0 Å². The number of fused-ring (bicyclic) bond motifs is 1. The van der Waals surface area contributed by atoms with Gasteiger partial charge in [-0.25, -0.2) is 9.97 Å². The summed E-state index contributed by atoms with van der Waals surface area (Å²) in [6, 6.07) is 15.9. The van der Waals surface area contributed by atoms with Gasteiger partial charge in [-0.2, -0.15) is 4.98 Å². The van der Waals surface area contributed by atoms with E-state index in [0.717, 1.165) is 40.3 Å². The quantitative estimate of drug-likeness (QED) is 0.512. The first-order valence-corrected chi connectivity index (χ1v) is 9.10. The van der Waals surface area contributed by atoms with Gasteiger partial charge in [-0.15, -0.1) is 0 Å². The number of methoxy groups -OCH3 is 1. The van der Waals surface area contributed by atoms with Crippen molar-refractivity contribution in [2.45, 2.75) is 6.42 Å². The number of anilines is 3. The largest absolute Gasteiger partial charge is 0.497 e. The number of aromatic nitrogens is 4. The van der Waals surface area contributed by atoms with Crippen molar-refractivity contribution in [3.63, 3.8) is 0 Å². The zero-order valence-corrected chi connectivity index (χ0v) is 15.9. The predicted molar refractivity (Wildman–Crippen MR) is 111 cm³/mol. The van der Waals surface area contributed by atoms with Gasteiger partial charge < -0.3 is 19.9 Å². The van der Waals surface area contributed by atoms with Gasteiger partial charge >= 0.3 is 0 Å². The highest BCUT2D eigenvalue weighted by atomic mass is 16.5. The molecule has 142 valence electrons. The first-order valence-electron chi connectivity index (χ1n) is 9.10. The fourth-order valence-corrected chi connectivity index (χ4v) is 3.05. The number of benzene rings is 2. The van der Waals surface area contributed by atoms with Crippen molar-refractivity contribution in [3.05, 3.63) is 66.7 Å². The average Bonchev–Trinajstić information content (AvgIpc) is 3.26. The Balaban J connectivity index is 1.63. The number of ether oxygens (including phenoxy) is 1. The smallest absolute Gasteiger partial charge is 0.225 e. The van der Waals surface area contributed by atoms with Crippen LogP contribution in [0, 0.1) is 0 Å². The standard InChI is InChI=1S/C21H22N6O/c1-27(16-7-9-17(28-2)10-8-16)20-18-5-3-4-6-19(18)25-21(26-20)23-12-11-15-13-22-14-24-15/h3-10,13-14H,11-12H2,1-2H3,(H,22,24)(H,23,25,26). The number of para-hydroxylation sites is 1. The molecule has 2 aromatic heterocycles. The van der Waals surface area contributed by atoms with E-state index in [2.05, 4.69) is 25.2 Å². The lowest BCUT2D eigenvalue weighted by molar-refractivity contribution is 0.415. The second-order valence-electron chi connectivity index (χ2n) is 6.40. The summed E-state index contributed by atoms with van der Waals surface area (Å²) in [6.07, 6.45) is 4.33. The summed E-state index contributed by atoms with van der Waals surface area (Å²) in [7, 11) is 3.67. The van der Waals surface area contributed by atoms with Crippen LogP contribution in [-0.4, -0.2) is 40.6 Å². The molecule has 0 saturated heterocycles. The molecule has 2 N–H and O–H groups in total. The van der Waals surface area contributed by atoms with Gasteiger partial charge in [-0.05, 0) is 36.4 Å². The minimum absolute atomic E-state index is 0.605. The maximum Gasteiger partial charge on any atom is 0.225 e. The van der Waals surface area contributed by atoms with Crippen molar-refractivity contribution >= 4 is 28.4 Å². The van der Waals surface area contributed by atoms with Crippen LogP contribution in [0.25, 0.3) is 10.9 Å². The van der Waals surface area contributed by atoms with Gasteiger partial charge in [0.2, 0.25) is 5.95 Å². The van der Waals surface area contributed by atoms with E-state index in [4.69, 9.17) is 9.72 Å². The van der Waals surface area contributed by atoms with Crippen molar-refractivity contribution in [2.75, 3.05) is 30.9 Å². The van der Waals surface area contributed by atoms with Gasteiger partial charge in [0.15, 0.2) is 0 Å². The van der Waals surface area contributed by atoms with Gasteiger partial charge in [0.25, 0.3) is 0 Å². The van der Waals surface area contributed by atoms with E-state index in [-0.39, 0.29) is 0 Å². The molecule has 2 aromatic carbocycles. The van der Waals surface area contributed by atoms with E-state index in [1.807, 2.05) is 61.8 Å². The SMILES string of the molecule is COc1ccc(N(C)c2nc(NCCc3cnc[nH]3)nc3ccccc23)cc1. The number of imidazole rings is 1. The molecule has 0 atom stereocenters. The lowest BCUT2D eigenvalue weighted by Gasteiger charge is -2.21. The zero-order chi connectivity index (χ0) is 19.3. The van der Waals surface area contributed by atoms with Crippen molar-refractivity contribution in [2.24, 2.45) is 0 Å². The van der Waals surface area contributed by atoms with Gasteiger partial charge in [-0.3, -0.25) is 0 Å². The summed E-state index contributed by atoms with van der Waals surface area (Å²) in [5.74, 6) is 2.28. The van der Waals surface area contributed by atoms with Crippen LogP contribution in [0.15, 0.2) is 61.1 Å². The molecular formula is C21H22N6O. The fraction of sp³-hybridized carbons (Fsp3) is 0.190. The lowest BCUT2D eigenvalue weighted by atomic mass is 10.2. The number of nitrogens with zero attached hydrogens (tertiary/aromatic N) is 4. The molecule has 0 amide bonds. The fourth-order valence-electron chi connectivity index (χ4n) is 3.05. The first kappa shape index (κ1) is 17.8. The van der Waals surface area contributed by atoms with Crippen molar-refractivity contribution in [1.82, 2.24) is 19.9 Å². The minimum atomic E-state index is 0.605. The molecular weight excluding hydrogens is 352 g/mol. The molecule has 0 fully saturated rings. The number of rotatable bonds is 7. The van der Waals surface area contributed by atoms with E-state index >= 15 is 0 Å². The van der Waals surface area contributed by atoms with E-state index in [1.54, 1.807) is 13.4 Å². The van der Waals surface area contributed by atoms with Crippen molar-refractivity contribution < 1.29 is 4.74 Å². The highest BCUT2D eigenvalue weighted by molar-refractivity contribution is 5.92. The molecule has 4 aromatic rings. The van der Waals surface area contributed by atoms with Crippen LogP contribution in [0.5, 0.6) is 5.75 Å². The molecule has 0 radical (unpaired) electrons. The third kappa shape index (κ3) is 3.73. The number of aromatic amines is 1. The molecule has 7 heteroatoms. The second-order valence-corrected chi connectivity index (χ2v) is 6.40. The first-order chi connectivity index (χ1) is 13.7. The van der Waals surface area contributed by atoms with Crippen LogP contribution in [0.1, 0.15) is 5.69 Å². The summed E-state index contributed by atoms with van der Waals surface area (Å²) in [6.45, 7) is 0.715. The lowest BCUT2D eigenvalue weighted by Crippen LogP contribution is -2.15. The molecule has 0 aliphatic carbocycles. The highest BCUT2D eigenvalue weighted by Crippen LogP contribution is 2.30. The molecule has 0 spiro atoms. The Hall–Kier alpha value is -3.61. The van der Waals surface area contributed by atoms with Gasteiger partial charge in [0.05, 0.1) is 19.0 Å². The summed E-state index contributed by atoms with van der Waals surface area (Å²) in [5, 5.41) is 4.32. The summed E-state index contributed by atoms with van der Waals surface area (Å²) in [5.41, 5.74) is 2.99. The molecule has 0 saturated carbocycles. The van der Waals surface area contributed by atoms with E-state index < -0.39 is 0 Å². The van der Waals surface area contributed by atoms with E-state index in [1.165, 1.54) is 0 Å². The van der Waals surface area contributed by atoms with Crippen molar-refractivity contribution in [1.29, 1.82) is 0 Å². The third-order valence-corrected chi connectivity index (χ3v) is 4.59. The Morgan fingerprint density at radius 1 is 1.07 bits per heavy atom. The molecule has 0 unspecified atom stereocenters. The molecule has 4 rings (SSSR count). The molecule has 0 aliphatic heterocycles. The van der Waals surface area contributed by atoms with Crippen LogP contribution >= 0.6 is 0 Å². The van der Waals surface area contributed by atoms with Crippen LogP contribution in [0.2, 0.25) is 0 Å². The normalized spacial score (nSPS) is 10.8. The minimum Gasteiger partial charge on any atom is -0.497 e. The Bertz CT molecular complexity index is 1050. The Kier molecular flexibility index (Phi) is 5.05. The van der Waals surface area contributed by atoms with E-state index in [9.17, 15) is 0 Å². The van der Waals surface area contributed by atoms with Crippen molar-refractivity contribution in [3.8, 4) is 5.75 Å². The van der Waals surface area contributed by atoms with Gasteiger partial charge in [0.1, 0.15) is 11.6 Å². The topological polar surface area (TPSA) is 79.0 Å². The van der Waals surface area contributed by atoms with Crippen LogP contribution in [0.4, 0.5) is 17.5 Å². The van der Waals surface area contributed by atoms with Crippen LogP contribution in [-0.2, 0) is 6.42 Å². The zero-order valence-electron chi connectivity index (χ0n) is 15.9. The molecule has 7 nitrogen and oxygen atoms in total. The molecule has 0 bridgehead atoms. The highest BCUT2D eigenvalue weighted by Gasteiger charge is 2.13. The summed E-state index contributed by atoms with van der Waals surface area (Å²) < 4.78 is 5.26. The maximum atomic E-state index is 5.26. The second kappa shape index (κ2) is 7.96. The number of H-pyrrole nitrogens is 1. The van der Waals surface area contributed by atoms with E-state index in [0.29, 0.717) is 12.5 Å². The van der Waals surface area contributed by atoms with Gasteiger partial charge in [0, 0.05) is 43.0 Å². The molecule has 2 heterocycles. The number of hydrogen-bond acceptors (Lipinski definition) is 6. The molecule has 28 heavy (non-hydrogen) atoms.